The van der Waals surface area contributed by atoms with Gasteiger partial charge in [0.25, 0.3) is 0 Å². The van der Waals surface area contributed by atoms with E-state index in [1.54, 1.807) is 0 Å². The molecule has 0 spiro atoms. The van der Waals surface area contributed by atoms with Crippen molar-refractivity contribution < 1.29 is 17.6 Å². The highest BCUT2D eigenvalue weighted by atomic mass is 28.4. The lowest BCUT2D eigenvalue weighted by molar-refractivity contribution is 0.257. The lowest BCUT2D eigenvalue weighted by Gasteiger charge is -2.26. The molecule has 0 saturated carbocycles. The molecule has 84 valence electrons. The predicted octanol–water partition coefficient (Wildman–Crippen LogP) is 1.93. The molecular formula is C10H14F2O2Si. The molecule has 0 bridgehead atoms. The van der Waals surface area contributed by atoms with Crippen LogP contribution in [0.1, 0.15) is 6.92 Å². The number of hydrogen-bond acceptors (Lipinski definition) is 2. The highest BCUT2D eigenvalue weighted by Gasteiger charge is 2.38. The van der Waals surface area contributed by atoms with Gasteiger partial charge in [0.1, 0.15) is 11.6 Å². The van der Waals surface area contributed by atoms with E-state index in [4.69, 9.17) is 8.85 Å². The number of rotatable bonds is 4. The Morgan fingerprint density at radius 3 is 2.20 bits per heavy atom. The Labute approximate surface area is 89.1 Å². The van der Waals surface area contributed by atoms with Gasteiger partial charge in [-0.2, -0.15) is 0 Å². The van der Waals surface area contributed by atoms with Gasteiger partial charge in [0.2, 0.25) is 0 Å². The van der Waals surface area contributed by atoms with Crippen molar-refractivity contribution in [2.75, 3.05) is 14.2 Å². The van der Waals surface area contributed by atoms with E-state index in [9.17, 15) is 8.78 Å². The van der Waals surface area contributed by atoms with E-state index in [0.717, 1.165) is 6.07 Å². The van der Waals surface area contributed by atoms with Gasteiger partial charge in [0, 0.05) is 25.5 Å². The van der Waals surface area contributed by atoms with Crippen LogP contribution in [0.4, 0.5) is 8.78 Å². The molecular weight excluding hydrogens is 218 g/mol. The maximum Gasteiger partial charge on any atom is 0.374 e. The van der Waals surface area contributed by atoms with Crippen molar-refractivity contribution in [2.45, 2.75) is 13.0 Å². The van der Waals surface area contributed by atoms with Crippen molar-refractivity contribution in [3.63, 3.8) is 0 Å². The molecule has 1 aromatic rings. The van der Waals surface area contributed by atoms with E-state index in [0.29, 0.717) is 11.2 Å². The van der Waals surface area contributed by atoms with Gasteiger partial charge in [0.15, 0.2) is 0 Å². The first-order valence-electron chi connectivity index (χ1n) is 4.65. The smallest absolute Gasteiger partial charge is 0.374 e. The highest BCUT2D eigenvalue weighted by molar-refractivity contribution is 6.81. The molecule has 0 aliphatic rings. The van der Waals surface area contributed by atoms with Crippen molar-refractivity contribution in [1.29, 1.82) is 0 Å². The van der Waals surface area contributed by atoms with Gasteiger partial charge in [-0.15, -0.1) is 0 Å². The van der Waals surface area contributed by atoms with Crippen LogP contribution in [0, 0.1) is 11.6 Å². The summed E-state index contributed by atoms with van der Waals surface area (Å²) in [4.78, 5) is 0. The summed E-state index contributed by atoms with van der Waals surface area (Å²) in [7, 11) is 0.274. The van der Waals surface area contributed by atoms with Crippen molar-refractivity contribution in [3.05, 3.63) is 29.8 Å². The van der Waals surface area contributed by atoms with E-state index in [1.807, 2.05) is 6.92 Å². The second-order valence-corrected chi connectivity index (χ2v) is 6.71. The largest absolute Gasteiger partial charge is 0.394 e. The monoisotopic (exact) mass is 232 g/mol. The fourth-order valence-corrected chi connectivity index (χ4v) is 3.92. The maximum absolute atomic E-state index is 13.5. The van der Waals surface area contributed by atoms with E-state index in [2.05, 4.69) is 0 Å². The third kappa shape index (κ3) is 2.24. The SMILES string of the molecule is CC[Si](OC)(OC)c1ccc(F)cc1F. The molecule has 0 N–H and O–H groups in total. The van der Waals surface area contributed by atoms with Crippen LogP contribution in [-0.2, 0) is 8.85 Å². The molecule has 1 rings (SSSR count). The molecule has 5 heteroatoms. The Hall–Kier alpha value is -0.783. The van der Waals surface area contributed by atoms with Crippen LogP contribution in [0.3, 0.4) is 0 Å². The summed E-state index contributed by atoms with van der Waals surface area (Å²) in [6.45, 7) is 1.86. The molecule has 0 aliphatic heterocycles. The zero-order chi connectivity index (χ0) is 11.5. The van der Waals surface area contributed by atoms with E-state index < -0.39 is 20.2 Å². The molecule has 0 fully saturated rings. The Balaban J connectivity index is 3.22. The summed E-state index contributed by atoms with van der Waals surface area (Å²) in [5.74, 6) is -1.20. The van der Waals surface area contributed by atoms with Crippen molar-refractivity contribution in [3.8, 4) is 0 Å². The van der Waals surface area contributed by atoms with Crippen LogP contribution in [0.15, 0.2) is 18.2 Å². The Morgan fingerprint density at radius 1 is 1.20 bits per heavy atom. The average Bonchev–Trinajstić information content (AvgIpc) is 2.23. The third-order valence-corrected chi connectivity index (χ3v) is 5.94. The first-order valence-corrected chi connectivity index (χ1v) is 6.68. The molecule has 0 amide bonds. The van der Waals surface area contributed by atoms with Crippen molar-refractivity contribution >= 4 is 13.7 Å². The van der Waals surface area contributed by atoms with Gasteiger partial charge in [0.05, 0.1) is 0 Å². The first kappa shape index (κ1) is 12.3. The molecule has 0 atom stereocenters. The van der Waals surface area contributed by atoms with Gasteiger partial charge in [-0.25, -0.2) is 8.78 Å². The minimum Gasteiger partial charge on any atom is -0.394 e. The zero-order valence-corrected chi connectivity index (χ0v) is 10.0. The van der Waals surface area contributed by atoms with E-state index in [1.165, 1.54) is 26.4 Å². The summed E-state index contributed by atoms with van der Waals surface area (Å²) in [5, 5.41) is 0.344. The van der Waals surface area contributed by atoms with Crippen molar-refractivity contribution in [2.24, 2.45) is 0 Å². The first-order chi connectivity index (χ1) is 7.09. The molecule has 0 unspecified atom stereocenters. The average molecular weight is 232 g/mol. The van der Waals surface area contributed by atoms with Crippen LogP contribution in [-0.4, -0.2) is 22.8 Å². The molecule has 2 nitrogen and oxygen atoms in total. The minimum absolute atomic E-state index is 0.344. The molecule has 0 aliphatic carbocycles. The summed E-state index contributed by atoms with van der Waals surface area (Å²) in [6, 6.07) is 4.04. The fraction of sp³-hybridized carbons (Fsp3) is 0.400. The lowest BCUT2D eigenvalue weighted by atomic mass is 10.3. The third-order valence-electron chi connectivity index (χ3n) is 2.47. The minimum atomic E-state index is -2.70. The second kappa shape index (κ2) is 4.83. The highest BCUT2D eigenvalue weighted by Crippen LogP contribution is 2.14. The van der Waals surface area contributed by atoms with Gasteiger partial charge >= 0.3 is 8.56 Å². The maximum atomic E-state index is 13.5. The standard InChI is InChI=1S/C10H14F2O2Si/c1-4-15(13-2,14-3)10-6-5-8(11)7-9(10)12/h5-7H,4H2,1-3H3. The van der Waals surface area contributed by atoms with Crippen LogP contribution >= 0.6 is 0 Å². The van der Waals surface area contributed by atoms with Gasteiger partial charge in [-0.3, -0.25) is 0 Å². The summed E-state index contributed by atoms with van der Waals surface area (Å²) >= 11 is 0. The molecule has 15 heavy (non-hydrogen) atoms. The Morgan fingerprint density at radius 2 is 1.80 bits per heavy atom. The number of halogens is 2. The van der Waals surface area contributed by atoms with Crippen LogP contribution in [0.2, 0.25) is 6.04 Å². The molecule has 0 aromatic heterocycles. The second-order valence-electron chi connectivity index (χ2n) is 3.14. The molecule has 0 radical (unpaired) electrons. The van der Waals surface area contributed by atoms with Gasteiger partial charge in [-0.1, -0.05) is 13.0 Å². The Bertz CT molecular complexity index is 332. The number of hydrogen-bond donors (Lipinski definition) is 0. The van der Waals surface area contributed by atoms with Gasteiger partial charge < -0.3 is 8.85 Å². The van der Waals surface area contributed by atoms with E-state index >= 15 is 0 Å². The van der Waals surface area contributed by atoms with Crippen LogP contribution in [0.25, 0.3) is 0 Å². The molecule has 1 aromatic carbocycles. The van der Waals surface area contributed by atoms with Crippen LogP contribution < -0.4 is 5.19 Å². The molecule has 0 heterocycles. The lowest BCUT2D eigenvalue weighted by Crippen LogP contribution is -2.53. The Kier molecular flexibility index (Phi) is 3.95. The predicted molar refractivity (Wildman–Crippen MR) is 56.2 cm³/mol. The van der Waals surface area contributed by atoms with Gasteiger partial charge in [-0.05, 0) is 12.1 Å². The van der Waals surface area contributed by atoms with E-state index in [-0.39, 0.29) is 0 Å². The quantitative estimate of drug-likeness (QED) is 0.738. The zero-order valence-electron chi connectivity index (χ0n) is 9.01. The fourth-order valence-electron chi connectivity index (χ4n) is 1.58. The molecule has 0 saturated heterocycles. The van der Waals surface area contributed by atoms with Crippen LogP contribution in [0.5, 0.6) is 0 Å². The summed E-state index contributed by atoms with van der Waals surface area (Å²) < 4.78 is 36.9. The topological polar surface area (TPSA) is 18.5 Å². The summed E-state index contributed by atoms with van der Waals surface area (Å²) in [5.41, 5.74) is 0. The van der Waals surface area contributed by atoms with Crippen molar-refractivity contribution in [1.82, 2.24) is 0 Å². The normalized spacial score (nSPS) is 11.8. The number of benzene rings is 1. The summed E-state index contributed by atoms with van der Waals surface area (Å²) in [6.07, 6.45) is 0.